The molecule has 2 rings (SSSR count). The van der Waals surface area contributed by atoms with E-state index < -0.39 is 0 Å². The zero-order chi connectivity index (χ0) is 15.9. The third-order valence-corrected chi connectivity index (χ3v) is 3.49. The fourth-order valence-electron chi connectivity index (χ4n) is 2.25. The van der Waals surface area contributed by atoms with Gasteiger partial charge in [-0.3, -0.25) is 4.79 Å². The van der Waals surface area contributed by atoms with Gasteiger partial charge in [-0.05, 0) is 19.1 Å². The van der Waals surface area contributed by atoms with Crippen molar-refractivity contribution in [2.45, 2.75) is 6.92 Å². The van der Waals surface area contributed by atoms with Crippen LogP contribution in [0.25, 0.3) is 0 Å². The van der Waals surface area contributed by atoms with Crippen molar-refractivity contribution in [2.24, 2.45) is 0 Å². The van der Waals surface area contributed by atoms with E-state index in [1.807, 2.05) is 11.9 Å². The molecule has 120 valence electrons. The summed E-state index contributed by atoms with van der Waals surface area (Å²) in [6.45, 7) is 5.51. The highest BCUT2D eigenvalue weighted by molar-refractivity contribution is 5.89. The number of nitrogens with zero attached hydrogens (tertiary/aromatic N) is 3. The van der Waals surface area contributed by atoms with E-state index in [1.165, 1.54) is 6.20 Å². The number of hydrogen-bond acceptors (Lipinski definition) is 6. The average molecular weight is 306 g/mol. The lowest BCUT2D eigenvalue weighted by molar-refractivity contribution is -0.130. The SMILES string of the molecule is CCOC(=O)c1ccc(N(C)CC(=O)N2CCNCC2)nc1. The minimum absolute atomic E-state index is 0.0836. The normalized spacial score (nSPS) is 14.5. The Kier molecular flexibility index (Phi) is 5.71. The van der Waals surface area contributed by atoms with Crippen molar-refractivity contribution in [3.05, 3.63) is 23.9 Å². The molecule has 2 heterocycles. The van der Waals surface area contributed by atoms with Crippen LogP contribution >= 0.6 is 0 Å². The largest absolute Gasteiger partial charge is 0.462 e. The van der Waals surface area contributed by atoms with Gasteiger partial charge in [0.2, 0.25) is 5.91 Å². The predicted molar refractivity (Wildman–Crippen MR) is 82.9 cm³/mol. The summed E-state index contributed by atoms with van der Waals surface area (Å²) < 4.78 is 4.91. The number of carbonyl (C=O) groups is 2. The summed E-state index contributed by atoms with van der Waals surface area (Å²) in [5.74, 6) is 0.345. The molecule has 0 bridgehead atoms. The van der Waals surface area contributed by atoms with Crippen LogP contribution in [0.1, 0.15) is 17.3 Å². The molecule has 1 aromatic heterocycles. The third-order valence-electron chi connectivity index (χ3n) is 3.49. The molecule has 7 heteroatoms. The molecular weight excluding hydrogens is 284 g/mol. The number of piperazine rings is 1. The van der Waals surface area contributed by atoms with Crippen LogP contribution in [0.4, 0.5) is 5.82 Å². The molecule has 0 aromatic carbocycles. The molecule has 1 aromatic rings. The molecule has 1 saturated heterocycles. The minimum atomic E-state index is -0.388. The van der Waals surface area contributed by atoms with Crippen molar-refractivity contribution in [3.8, 4) is 0 Å². The van der Waals surface area contributed by atoms with Crippen molar-refractivity contribution in [1.29, 1.82) is 0 Å². The highest BCUT2D eigenvalue weighted by Gasteiger charge is 2.18. The zero-order valence-corrected chi connectivity index (χ0v) is 13.0. The van der Waals surface area contributed by atoms with Crippen LogP contribution in [0.15, 0.2) is 18.3 Å². The lowest BCUT2D eigenvalue weighted by atomic mass is 10.3. The Hall–Kier alpha value is -2.15. The summed E-state index contributed by atoms with van der Waals surface area (Å²) in [7, 11) is 1.81. The van der Waals surface area contributed by atoms with Crippen LogP contribution < -0.4 is 10.2 Å². The topological polar surface area (TPSA) is 74.8 Å². The number of esters is 1. The van der Waals surface area contributed by atoms with Gasteiger partial charge >= 0.3 is 5.97 Å². The molecule has 0 spiro atoms. The van der Waals surface area contributed by atoms with Gasteiger partial charge in [-0.15, -0.1) is 0 Å². The van der Waals surface area contributed by atoms with Gasteiger partial charge in [-0.25, -0.2) is 9.78 Å². The van der Waals surface area contributed by atoms with E-state index in [0.717, 1.165) is 26.2 Å². The first-order valence-electron chi connectivity index (χ1n) is 7.44. The molecule has 1 N–H and O–H groups in total. The maximum Gasteiger partial charge on any atom is 0.339 e. The van der Waals surface area contributed by atoms with E-state index in [-0.39, 0.29) is 18.4 Å². The van der Waals surface area contributed by atoms with E-state index >= 15 is 0 Å². The molecule has 1 aliphatic heterocycles. The highest BCUT2D eigenvalue weighted by Crippen LogP contribution is 2.11. The van der Waals surface area contributed by atoms with Crippen molar-refractivity contribution in [1.82, 2.24) is 15.2 Å². The van der Waals surface area contributed by atoms with E-state index in [0.29, 0.717) is 18.0 Å². The van der Waals surface area contributed by atoms with Crippen molar-refractivity contribution in [2.75, 3.05) is 51.3 Å². The third kappa shape index (κ3) is 4.17. The quantitative estimate of drug-likeness (QED) is 0.779. The molecule has 0 saturated carbocycles. The first kappa shape index (κ1) is 16.2. The van der Waals surface area contributed by atoms with Crippen molar-refractivity contribution >= 4 is 17.7 Å². The smallest absolute Gasteiger partial charge is 0.339 e. The monoisotopic (exact) mass is 306 g/mol. The second kappa shape index (κ2) is 7.74. The van der Waals surface area contributed by atoms with Crippen LogP contribution in [0.5, 0.6) is 0 Å². The Morgan fingerprint density at radius 2 is 2.09 bits per heavy atom. The number of rotatable bonds is 5. The molecule has 1 fully saturated rings. The summed E-state index contributed by atoms with van der Waals surface area (Å²) in [5, 5.41) is 3.22. The van der Waals surface area contributed by atoms with Crippen LogP contribution in [-0.2, 0) is 9.53 Å². The maximum atomic E-state index is 12.2. The fraction of sp³-hybridized carbons (Fsp3) is 0.533. The molecule has 7 nitrogen and oxygen atoms in total. The second-order valence-corrected chi connectivity index (χ2v) is 5.11. The zero-order valence-electron chi connectivity index (χ0n) is 13.0. The Labute approximate surface area is 130 Å². The van der Waals surface area contributed by atoms with Crippen LogP contribution in [0.3, 0.4) is 0 Å². The number of amides is 1. The van der Waals surface area contributed by atoms with Gasteiger partial charge < -0.3 is 19.9 Å². The van der Waals surface area contributed by atoms with Gasteiger partial charge in [-0.2, -0.15) is 0 Å². The molecule has 22 heavy (non-hydrogen) atoms. The van der Waals surface area contributed by atoms with Gasteiger partial charge in [0.05, 0.1) is 18.7 Å². The molecule has 0 aliphatic carbocycles. The number of likely N-dealkylation sites (N-methyl/N-ethyl adjacent to an activating group) is 1. The first-order chi connectivity index (χ1) is 10.6. The number of hydrogen-bond donors (Lipinski definition) is 1. The van der Waals surface area contributed by atoms with Gasteiger partial charge in [0.25, 0.3) is 0 Å². The summed E-state index contributed by atoms with van der Waals surface area (Å²) in [6, 6.07) is 3.38. The van der Waals surface area contributed by atoms with Crippen molar-refractivity contribution < 1.29 is 14.3 Å². The Bertz CT molecular complexity index is 512. The Morgan fingerprint density at radius 1 is 1.36 bits per heavy atom. The van der Waals surface area contributed by atoms with Gasteiger partial charge in [-0.1, -0.05) is 0 Å². The number of aromatic nitrogens is 1. The summed E-state index contributed by atoms with van der Waals surface area (Å²) >= 11 is 0. The summed E-state index contributed by atoms with van der Waals surface area (Å²) in [5.41, 5.74) is 0.410. The van der Waals surface area contributed by atoms with E-state index in [9.17, 15) is 9.59 Å². The standard InChI is InChI=1S/C15H22N4O3/c1-3-22-15(21)12-4-5-13(17-10-12)18(2)11-14(20)19-8-6-16-7-9-19/h4-5,10,16H,3,6-9,11H2,1-2H3. The molecular formula is C15H22N4O3. The van der Waals surface area contributed by atoms with E-state index in [4.69, 9.17) is 4.74 Å². The molecule has 1 aliphatic rings. The molecule has 0 unspecified atom stereocenters. The van der Waals surface area contributed by atoms with Gasteiger partial charge in [0, 0.05) is 39.4 Å². The van der Waals surface area contributed by atoms with E-state index in [1.54, 1.807) is 24.0 Å². The lowest BCUT2D eigenvalue weighted by Crippen LogP contribution is -2.49. The first-order valence-corrected chi connectivity index (χ1v) is 7.44. The van der Waals surface area contributed by atoms with Crippen molar-refractivity contribution in [3.63, 3.8) is 0 Å². The lowest BCUT2D eigenvalue weighted by Gasteiger charge is -2.29. The average Bonchev–Trinajstić information content (AvgIpc) is 2.56. The number of anilines is 1. The number of ether oxygens (including phenoxy) is 1. The number of pyridine rings is 1. The fourth-order valence-corrected chi connectivity index (χ4v) is 2.25. The summed E-state index contributed by atoms with van der Waals surface area (Å²) in [4.78, 5) is 31.6. The Balaban J connectivity index is 1.93. The second-order valence-electron chi connectivity index (χ2n) is 5.11. The summed E-state index contributed by atoms with van der Waals surface area (Å²) in [6.07, 6.45) is 1.47. The van der Waals surface area contributed by atoms with Gasteiger partial charge in [0.15, 0.2) is 0 Å². The van der Waals surface area contributed by atoms with Crippen LogP contribution in [0.2, 0.25) is 0 Å². The highest BCUT2D eigenvalue weighted by atomic mass is 16.5. The maximum absolute atomic E-state index is 12.2. The van der Waals surface area contributed by atoms with Crippen LogP contribution in [0, 0.1) is 0 Å². The number of carbonyl (C=O) groups excluding carboxylic acids is 2. The van der Waals surface area contributed by atoms with E-state index in [2.05, 4.69) is 10.3 Å². The molecule has 0 atom stereocenters. The van der Waals surface area contributed by atoms with Gasteiger partial charge in [0.1, 0.15) is 5.82 Å². The molecule has 1 amide bonds. The predicted octanol–water partition coefficient (Wildman–Crippen LogP) is 0.126. The number of nitrogens with one attached hydrogen (secondary N) is 1. The molecule has 0 radical (unpaired) electrons. The van der Waals surface area contributed by atoms with Crippen LogP contribution in [-0.4, -0.2) is 68.1 Å². The Morgan fingerprint density at radius 3 is 2.68 bits per heavy atom. The minimum Gasteiger partial charge on any atom is -0.462 e.